The van der Waals surface area contributed by atoms with Gasteiger partial charge in [0.25, 0.3) is 0 Å². The Morgan fingerprint density at radius 1 is 1.17 bits per heavy atom. The van der Waals surface area contributed by atoms with E-state index in [-0.39, 0.29) is 11.8 Å². The van der Waals surface area contributed by atoms with Crippen LogP contribution in [-0.2, 0) is 16.0 Å². The van der Waals surface area contributed by atoms with Gasteiger partial charge in [0.2, 0.25) is 11.8 Å². The molecule has 1 heterocycles. The summed E-state index contributed by atoms with van der Waals surface area (Å²) in [6, 6.07) is 11.2. The summed E-state index contributed by atoms with van der Waals surface area (Å²) in [5, 5.41) is 5.61. The third-order valence-electron chi connectivity index (χ3n) is 3.65. The van der Waals surface area contributed by atoms with E-state index in [4.69, 9.17) is 4.74 Å². The van der Waals surface area contributed by atoms with Crippen LogP contribution in [-0.4, -0.2) is 11.8 Å². The molecule has 118 valence electrons. The minimum absolute atomic E-state index is 0.0177. The fourth-order valence-electron chi connectivity index (χ4n) is 2.55. The first-order valence-electron chi connectivity index (χ1n) is 7.50. The van der Waals surface area contributed by atoms with Gasteiger partial charge < -0.3 is 15.4 Å². The summed E-state index contributed by atoms with van der Waals surface area (Å²) >= 11 is 0. The number of hydrogen-bond acceptors (Lipinski definition) is 3. The van der Waals surface area contributed by atoms with Crippen molar-refractivity contribution in [2.24, 2.45) is 0 Å². The van der Waals surface area contributed by atoms with Crippen molar-refractivity contribution in [1.82, 2.24) is 0 Å². The predicted molar refractivity (Wildman–Crippen MR) is 88.9 cm³/mol. The molecule has 1 aliphatic heterocycles. The number of rotatable bonds is 3. The number of carbonyl (C=O) groups excluding carboxylic acids is 2. The molecule has 0 unspecified atom stereocenters. The number of aryl methyl sites for hydroxylation is 2. The van der Waals surface area contributed by atoms with Gasteiger partial charge in [-0.05, 0) is 42.7 Å². The zero-order valence-electron chi connectivity index (χ0n) is 13.1. The van der Waals surface area contributed by atoms with Crippen LogP contribution in [0.4, 0.5) is 11.4 Å². The highest BCUT2D eigenvalue weighted by Gasteiger charge is 2.16. The van der Waals surface area contributed by atoms with Crippen molar-refractivity contribution in [3.8, 4) is 11.5 Å². The second kappa shape index (κ2) is 6.12. The minimum Gasteiger partial charge on any atom is -0.455 e. The average Bonchev–Trinajstić information content (AvgIpc) is 2.49. The number of ether oxygens (including phenoxy) is 1. The van der Waals surface area contributed by atoms with Crippen molar-refractivity contribution >= 4 is 23.2 Å². The largest absolute Gasteiger partial charge is 0.455 e. The maximum Gasteiger partial charge on any atom is 0.224 e. The second-order valence-corrected chi connectivity index (χ2v) is 5.65. The van der Waals surface area contributed by atoms with Crippen LogP contribution in [0.1, 0.15) is 24.5 Å². The van der Waals surface area contributed by atoms with E-state index in [2.05, 4.69) is 10.6 Å². The van der Waals surface area contributed by atoms with E-state index in [1.807, 2.05) is 43.3 Å². The molecule has 1 aliphatic rings. The summed E-state index contributed by atoms with van der Waals surface area (Å²) < 4.78 is 5.93. The highest BCUT2D eigenvalue weighted by molar-refractivity contribution is 5.94. The van der Waals surface area contributed by atoms with Crippen molar-refractivity contribution in [2.75, 3.05) is 10.6 Å². The Morgan fingerprint density at radius 2 is 2.00 bits per heavy atom. The Labute approximate surface area is 134 Å². The first kappa shape index (κ1) is 15.1. The number of anilines is 2. The van der Waals surface area contributed by atoms with Crippen LogP contribution in [0, 0.1) is 6.92 Å². The quantitative estimate of drug-likeness (QED) is 0.909. The van der Waals surface area contributed by atoms with Gasteiger partial charge in [-0.2, -0.15) is 0 Å². The van der Waals surface area contributed by atoms with E-state index >= 15 is 0 Å². The molecule has 0 bridgehead atoms. The molecule has 2 N–H and O–H groups in total. The molecule has 0 saturated heterocycles. The summed E-state index contributed by atoms with van der Waals surface area (Å²) in [5.74, 6) is 1.05. The van der Waals surface area contributed by atoms with Crippen LogP contribution in [0.15, 0.2) is 36.4 Å². The smallest absolute Gasteiger partial charge is 0.224 e. The van der Waals surface area contributed by atoms with Crippen molar-refractivity contribution in [1.29, 1.82) is 0 Å². The first-order valence-corrected chi connectivity index (χ1v) is 7.50. The zero-order chi connectivity index (χ0) is 16.4. The summed E-state index contributed by atoms with van der Waals surface area (Å²) in [6.07, 6.45) is 1.25. The molecule has 2 aromatic carbocycles. The van der Waals surface area contributed by atoms with E-state index in [0.717, 1.165) is 23.2 Å². The normalized spacial score (nSPS) is 13.0. The molecular weight excluding hydrogens is 292 g/mol. The van der Waals surface area contributed by atoms with Crippen LogP contribution in [0.2, 0.25) is 0 Å². The van der Waals surface area contributed by atoms with Gasteiger partial charge in [-0.3, -0.25) is 9.59 Å². The lowest BCUT2D eigenvalue weighted by molar-refractivity contribution is -0.116. The van der Waals surface area contributed by atoms with Gasteiger partial charge in [0.05, 0.1) is 5.69 Å². The molecule has 23 heavy (non-hydrogen) atoms. The van der Waals surface area contributed by atoms with Gasteiger partial charge in [-0.15, -0.1) is 0 Å². The molecule has 2 aromatic rings. The molecule has 0 aliphatic carbocycles. The molecule has 0 atom stereocenters. The molecule has 0 aromatic heterocycles. The number of fused-ring (bicyclic) bond motifs is 1. The van der Waals surface area contributed by atoms with Gasteiger partial charge in [-0.1, -0.05) is 12.1 Å². The van der Waals surface area contributed by atoms with Gasteiger partial charge >= 0.3 is 0 Å². The first-order chi connectivity index (χ1) is 11.0. The topological polar surface area (TPSA) is 67.4 Å². The van der Waals surface area contributed by atoms with Gasteiger partial charge in [0, 0.05) is 25.1 Å². The van der Waals surface area contributed by atoms with E-state index < -0.39 is 0 Å². The summed E-state index contributed by atoms with van der Waals surface area (Å²) in [5.41, 5.74) is 3.53. The maximum atomic E-state index is 11.5. The molecule has 0 fully saturated rings. The fraction of sp³-hybridized carbons (Fsp3) is 0.222. The van der Waals surface area contributed by atoms with E-state index in [1.54, 1.807) is 0 Å². The minimum atomic E-state index is -0.156. The zero-order valence-corrected chi connectivity index (χ0v) is 13.1. The molecule has 0 saturated carbocycles. The van der Waals surface area contributed by atoms with Crippen LogP contribution in [0.25, 0.3) is 0 Å². The molecule has 5 heteroatoms. The number of nitrogens with one attached hydrogen (secondary N) is 2. The maximum absolute atomic E-state index is 11.5. The lowest BCUT2D eigenvalue weighted by Gasteiger charge is -2.18. The third-order valence-corrected chi connectivity index (χ3v) is 3.65. The molecule has 2 amide bonds. The summed E-state index contributed by atoms with van der Waals surface area (Å²) in [7, 11) is 0. The van der Waals surface area contributed by atoms with E-state index in [1.165, 1.54) is 6.92 Å². The predicted octanol–water partition coefficient (Wildman–Crippen LogP) is 3.63. The Hall–Kier alpha value is -2.82. The Kier molecular flexibility index (Phi) is 4.02. The van der Waals surface area contributed by atoms with Crippen molar-refractivity contribution < 1.29 is 14.3 Å². The monoisotopic (exact) mass is 310 g/mol. The third kappa shape index (κ3) is 3.51. The SMILES string of the molecule is CC(=O)Nc1ccc(C)cc1Oc1ccc2c(c1)NC(=O)CC2. The van der Waals surface area contributed by atoms with E-state index in [0.29, 0.717) is 23.6 Å². The average molecular weight is 310 g/mol. The van der Waals surface area contributed by atoms with Crippen LogP contribution in [0.3, 0.4) is 0 Å². The number of benzene rings is 2. The van der Waals surface area contributed by atoms with Crippen molar-refractivity contribution in [3.05, 3.63) is 47.5 Å². The molecule has 0 radical (unpaired) electrons. The van der Waals surface area contributed by atoms with Crippen LogP contribution < -0.4 is 15.4 Å². The number of carbonyl (C=O) groups is 2. The fourth-order valence-corrected chi connectivity index (χ4v) is 2.55. The lowest BCUT2D eigenvalue weighted by atomic mass is 10.0. The van der Waals surface area contributed by atoms with Crippen molar-refractivity contribution in [2.45, 2.75) is 26.7 Å². The van der Waals surface area contributed by atoms with E-state index in [9.17, 15) is 9.59 Å². The summed E-state index contributed by atoms with van der Waals surface area (Å²) in [6.45, 7) is 3.41. The van der Waals surface area contributed by atoms with Gasteiger partial charge in [-0.25, -0.2) is 0 Å². The molecule has 5 nitrogen and oxygen atoms in total. The number of amides is 2. The van der Waals surface area contributed by atoms with Gasteiger partial charge in [0.15, 0.2) is 5.75 Å². The molecule has 3 rings (SSSR count). The second-order valence-electron chi connectivity index (χ2n) is 5.65. The Bertz CT molecular complexity index is 784. The van der Waals surface area contributed by atoms with Crippen LogP contribution >= 0.6 is 0 Å². The standard InChI is InChI=1S/C18H18N2O3/c1-11-3-7-15(19-12(2)21)17(9-11)23-14-6-4-13-5-8-18(22)20-16(13)10-14/h3-4,6-7,9-10H,5,8H2,1-2H3,(H,19,21)(H,20,22). The number of hydrogen-bond donors (Lipinski definition) is 2. The highest BCUT2D eigenvalue weighted by Crippen LogP contribution is 2.34. The highest BCUT2D eigenvalue weighted by atomic mass is 16.5. The van der Waals surface area contributed by atoms with Gasteiger partial charge in [0.1, 0.15) is 5.75 Å². The summed E-state index contributed by atoms with van der Waals surface area (Å²) in [4.78, 5) is 22.8. The Morgan fingerprint density at radius 3 is 2.78 bits per heavy atom. The lowest BCUT2D eigenvalue weighted by Crippen LogP contribution is -2.18. The van der Waals surface area contributed by atoms with Crippen molar-refractivity contribution in [3.63, 3.8) is 0 Å². The Balaban J connectivity index is 1.90. The molecular formula is C18H18N2O3. The molecule has 0 spiro atoms. The van der Waals surface area contributed by atoms with Crippen LogP contribution in [0.5, 0.6) is 11.5 Å².